The van der Waals surface area contributed by atoms with E-state index in [-0.39, 0.29) is 11.4 Å². The van der Waals surface area contributed by atoms with E-state index >= 15 is 0 Å². The van der Waals surface area contributed by atoms with Crippen molar-refractivity contribution in [3.8, 4) is 0 Å². The Kier molecular flexibility index (Phi) is 3.90. The molecule has 6 nitrogen and oxygen atoms in total. The Labute approximate surface area is 141 Å². The number of aromatic nitrogens is 2. The highest BCUT2D eigenvalue weighted by Gasteiger charge is 2.51. The molecule has 2 saturated heterocycles. The fraction of sp³-hybridized carbons (Fsp3) is 0.706. The first-order chi connectivity index (χ1) is 11.6. The average molecular weight is 333 g/mol. The van der Waals surface area contributed by atoms with E-state index in [0.717, 1.165) is 51.5 Å². The summed E-state index contributed by atoms with van der Waals surface area (Å²) in [5.74, 6) is 1.16. The molecule has 0 radical (unpaired) electrons. The number of carbonyl (C=O) groups is 1. The molecule has 7 heteroatoms. The van der Waals surface area contributed by atoms with E-state index in [1.54, 1.807) is 0 Å². The van der Waals surface area contributed by atoms with E-state index in [2.05, 4.69) is 19.8 Å². The van der Waals surface area contributed by atoms with Gasteiger partial charge in [0.2, 0.25) is 11.9 Å². The van der Waals surface area contributed by atoms with E-state index in [9.17, 15) is 9.18 Å². The lowest BCUT2D eigenvalue weighted by Crippen LogP contribution is -2.68. The van der Waals surface area contributed by atoms with Crippen LogP contribution in [0.2, 0.25) is 0 Å². The zero-order valence-electron chi connectivity index (χ0n) is 14.1. The van der Waals surface area contributed by atoms with Gasteiger partial charge in [-0.25, -0.2) is 14.4 Å². The van der Waals surface area contributed by atoms with E-state index in [1.807, 2.05) is 11.9 Å². The van der Waals surface area contributed by atoms with Crippen molar-refractivity contribution in [1.82, 2.24) is 19.8 Å². The molecular formula is C17H24FN5O. The van der Waals surface area contributed by atoms with Crippen LogP contribution in [0.15, 0.2) is 12.4 Å². The predicted molar refractivity (Wildman–Crippen MR) is 88.1 cm³/mol. The second-order valence-electron chi connectivity index (χ2n) is 7.34. The molecule has 0 atom stereocenters. The molecule has 0 unspecified atom stereocenters. The Hall–Kier alpha value is -1.76. The molecule has 1 aromatic heterocycles. The summed E-state index contributed by atoms with van der Waals surface area (Å²) in [7, 11) is 1.91. The number of amides is 1. The Morgan fingerprint density at radius 2 is 1.83 bits per heavy atom. The first-order valence-corrected chi connectivity index (χ1v) is 8.82. The van der Waals surface area contributed by atoms with E-state index in [1.165, 1.54) is 25.2 Å². The second kappa shape index (κ2) is 5.95. The zero-order valence-corrected chi connectivity index (χ0v) is 14.1. The number of anilines is 1. The first-order valence-electron chi connectivity index (χ1n) is 8.82. The van der Waals surface area contributed by atoms with Crippen molar-refractivity contribution in [2.75, 3.05) is 44.7 Å². The topological polar surface area (TPSA) is 52.6 Å². The van der Waals surface area contributed by atoms with Crippen LogP contribution in [-0.4, -0.2) is 71.0 Å². The van der Waals surface area contributed by atoms with Gasteiger partial charge in [0, 0.05) is 39.8 Å². The van der Waals surface area contributed by atoms with E-state index in [0.29, 0.717) is 5.95 Å². The molecule has 1 aromatic rings. The minimum absolute atomic E-state index is 0.258. The number of hydrogen-bond donors (Lipinski definition) is 0. The summed E-state index contributed by atoms with van der Waals surface area (Å²) in [5, 5.41) is 0. The summed E-state index contributed by atoms with van der Waals surface area (Å²) in [5.41, 5.74) is -0.369. The molecule has 0 aromatic carbocycles. The molecule has 3 aliphatic rings. The van der Waals surface area contributed by atoms with Crippen molar-refractivity contribution >= 4 is 11.9 Å². The van der Waals surface area contributed by atoms with Gasteiger partial charge >= 0.3 is 0 Å². The lowest BCUT2D eigenvalue weighted by atomic mass is 9.82. The van der Waals surface area contributed by atoms with Gasteiger partial charge in [-0.15, -0.1) is 0 Å². The van der Waals surface area contributed by atoms with Crippen molar-refractivity contribution in [2.45, 2.75) is 31.2 Å². The minimum Gasteiger partial charge on any atom is -0.343 e. The van der Waals surface area contributed by atoms with Gasteiger partial charge in [0.25, 0.3) is 0 Å². The van der Waals surface area contributed by atoms with Gasteiger partial charge in [-0.3, -0.25) is 9.69 Å². The number of piperazine rings is 1. The predicted octanol–water partition coefficient (Wildman–Crippen LogP) is 1.14. The molecule has 2 aliphatic heterocycles. The normalized spacial score (nSPS) is 24.7. The Morgan fingerprint density at radius 1 is 1.17 bits per heavy atom. The van der Waals surface area contributed by atoms with Crippen molar-refractivity contribution < 1.29 is 9.18 Å². The van der Waals surface area contributed by atoms with Gasteiger partial charge < -0.3 is 9.80 Å². The molecular weight excluding hydrogens is 309 g/mol. The van der Waals surface area contributed by atoms with Crippen LogP contribution in [0.3, 0.4) is 0 Å². The molecule has 3 fully saturated rings. The molecule has 1 spiro atoms. The van der Waals surface area contributed by atoms with Gasteiger partial charge in [0.05, 0.1) is 12.4 Å². The molecule has 1 amide bonds. The number of piperidine rings is 1. The van der Waals surface area contributed by atoms with Crippen molar-refractivity contribution in [3.63, 3.8) is 0 Å². The second-order valence-corrected chi connectivity index (χ2v) is 7.34. The highest BCUT2D eigenvalue weighted by atomic mass is 19.1. The van der Waals surface area contributed by atoms with E-state index < -0.39 is 5.82 Å². The standard InChI is InChI=1S/C17H24FN5O/c1-21-8-9-23(12-13-2-3-13)17(15(21)24)4-6-22(7-5-17)16-19-10-14(18)11-20-16/h10-11,13H,2-9,12H2,1H3. The summed E-state index contributed by atoms with van der Waals surface area (Å²) >= 11 is 0. The molecule has 0 bridgehead atoms. The molecule has 24 heavy (non-hydrogen) atoms. The van der Waals surface area contributed by atoms with Crippen LogP contribution in [0.25, 0.3) is 0 Å². The van der Waals surface area contributed by atoms with Gasteiger partial charge in [0.15, 0.2) is 5.82 Å². The Bertz CT molecular complexity index is 610. The van der Waals surface area contributed by atoms with Crippen molar-refractivity contribution in [1.29, 1.82) is 0 Å². The summed E-state index contributed by atoms with van der Waals surface area (Å²) in [6, 6.07) is 0. The highest BCUT2D eigenvalue weighted by molar-refractivity contribution is 5.87. The maximum absolute atomic E-state index is 13.0. The van der Waals surface area contributed by atoms with Crippen molar-refractivity contribution in [3.05, 3.63) is 18.2 Å². The van der Waals surface area contributed by atoms with Crippen LogP contribution in [0, 0.1) is 11.7 Å². The fourth-order valence-electron chi connectivity index (χ4n) is 4.03. The number of hydrogen-bond acceptors (Lipinski definition) is 5. The minimum atomic E-state index is -0.424. The number of likely N-dealkylation sites (N-methyl/N-ethyl adjacent to an activating group) is 1. The van der Waals surface area contributed by atoms with Crippen LogP contribution in [-0.2, 0) is 4.79 Å². The van der Waals surface area contributed by atoms with Gasteiger partial charge in [-0.2, -0.15) is 0 Å². The molecule has 1 aliphatic carbocycles. The van der Waals surface area contributed by atoms with Gasteiger partial charge in [-0.1, -0.05) is 0 Å². The zero-order chi connectivity index (χ0) is 16.7. The third kappa shape index (κ3) is 2.75. The number of nitrogens with zero attached hydrogens (tertiary/aromatic N) is 5. The smallest absolute Gasteiger partial charge is 0.243 e. The Morgan fingerprint density at radius 3 is 2.46 bits per heavy atom. The Balaban J connectivity index is 1.51. The lowest BCUT2D eigenvalue weighted by molar-refractivity contribution is -0.152. The third-order valence-corrected chi connectivity index (χ3v) is 5.71. The van der Waals surface area contributed by atoms with Crippen LogP contribution in [0.1, 0.15) is 25.7 Å². The SMILES string of the molecule is CN1CCN(CC2CC2)C2(CCN(c3ncc(F)cn3)CC2)C1=O. The molecule has 1 saturated carbocycles. The van der Waals surface area contributed by atoms with Crippen LogP contribution >= 0.6 is 0 Å². The number of halogens is 1. The number of rotatable bonds is 3. The van der Waals surface area contributed by atoms with Crippen LogP contribution in [0.5, 0.6) is 0 Å². The summed E-state index contributed by atoms with van der Waals surface area (Å²) in [4.78, 5) is 27.5. The first kappa shape index (κ1) is 15.7. The average Bonchev–Trinajstić information content (AvgIpc) is 3.41. The van der Waals surface area contributed by atoms with E-state index in [4.69, 9.17) is 0 Å². The molecule has 3 heterocycles. The molecule has 0 N–H and O–H groups in total. The summed E-state index contributed by atoms with van der Waals surface area (Å²) < 4.78 is 13.0. The molecule has 130 valence electrons. The maximum atomic E-state index is 13.0. The fourth-order valence-corrected chi connectivity index (χ4v) is 4.03. The lowest BCUT2D eigenvalue weighted by Gasteiger charge is -2.52. The van der Waals surface area contributed by atoms with Crippen molar-refractivity contribution in [2.24, 2.45) is 5.92 Å². The quantitative estimate of drug-likeness (QED) is 0.830. The van der Waals surface area contributed by atoms with Gasteiger partial charge in [0.1, 0.15) is 5.54 Å². The number of carbonyl (C=O) groups excluding carboxylic acids is 1. The third-order valence-electron chi connectivity index (χ3n) is 5.71. The summed E-state index contributed by atoms with van der Waals surface area (Å²) in [6.07, 6.45) is 6.56. The monoisotopic (exact) mass is 333 g/mol. The summed E-state index contributed by atoms with van der Waals surface area (Å²) in [6.45, 7) is 4.29. The van der Waals surface area contributed by atoms with Crippen LogP contribution in [0.4, 0.5) is 10.3 Å². The largest absolute Gasteiger partial charge is 0.343 e. The maximum Gasteiger partial charge on any atom is 0.243 e. The van der Waals surface area contributed by atoms with Crippen LogP contribution < -0.4 is 4.90 Å². The molecule has 4 rings (SSSR count). The van der Waals surface area contributed by atoms with Gasteiger partial charge in [-0.05, 0) is 31.6 Å². The highest BCUT2D eigenvalue weighted by Crippen LogP contribution is 2.38.